The Labute approximate surface area is 277 Å². The molecule has 2 aromatic heterocycles. The van der Waals surface area contributed by atoms with Crippen molar-refractivity contribution in [2.45, 2.75) is 37.6 Å². The van der Waals surface area contributed by atoms with E-state index in [4.69, 9.17) is 14.2 Å². The lowest BCUT2D eigenvalue weighted by atomic mass is 9.89. The molecule has 48 heavy (non-hydrogen) atoms. The molecule has 1 unspecified atom stereocenters. The number of hydrogen-bond acceptors (Lipinski definition) is 9. The first-order valence-electron chi connectivity index (χ1n) is 16.6. The normalized spacial score (nSPS) is 19.0. The van der Waals surface area contributed by atoms with Gasteiger partial charge in [-0.2, -0.15) is 0 Å². The van der Waals surface area contributed by atoms with Crippen molar-refractivity contribution in [2.24, 2.45) is 7.05 Å². The van der Waals surface area contributed by atoms with Crippen LogP contribution in [0.1, 0.15) is 57.9 Å². The molecule has 2 saturated heterocycles. The number of carbonyl (C=O) groups is 4. The molecule has 12 heteroatoms. The predicted molar refractivity (Wildman–Crippen MR) is 177 cm³/mol. The summed E-state index contributed by atoms with van der Waals surface area (Å²) in [4.78, 5) is 57.3. The van der Waals surface area contributed by atoms with Crippen molar-refractivity contribution in [3.05, 3.63) is 71.5 Å². The fourth-order valence-corrected chi connectivity index (χ4v) is 7.09. The van der Waals surface area contributed by atoms with Gasteiger partial charge in [-0.05, 0) is 74.2 Å². The highest BCUT2D eigenvalue weighted by molar-refractivity contribution is 6.23. The van der Waals surface area contributed by atoms with Crippen LogP contribution >= 0.6 is 0 Å². The molecule has 0 bridgehead atoms. The molecule has 2 aromatic carbocycles. The summed E-state index contributed by atoms with van der Waals surface area (Å²) in [5, 5.41) is 4.65. The van der Waals surface area contributed by atoms with Gasteiger partial charge in [0.15, 0.2) is 0 Å². The zero-order chi connectivity index (χ0) is 33.2. The first kappa shape index (κ1) is 31.9. The van der Waals surface area contributed by atoms with Crippen molar-refractivity contribution in [1.29, 1.82) is 0 Å². The molecule has 0 aliphatic carbocycles. The molecule has 5 heterocycles. The van der Waals surface area contributed by atoms with Crippen LogP contribution in [0.3, 0.4) is 0 Å². The first-order valence-corrected chi connectivity index (χ1v) is 16.6. The standard InChI is InChI=1S/C36H39N5O7/c1-39-30-8-11-37-22-29(30)26-4-2-24(20-32(26)39)23-9-12-40(13-10-23)14-15-46-16-17-47-18-19-48-25-3-5-27-28(21-25)36(45)41(35(27)44)31-6-7-33(42)38-34(31)43/h2-5,8,11,20-23,31H,6-7,9-10,12-19H2,1H3,(H,38,42,43). The highest BCUT2D eigenvalue weighted by atomic mass is 16.5. The number of piperidine rings is 2. The van der Waals surface area contributed by atoms with E-state index in [1.54, 1.807) is 6.07 Å². The van der Waals surface area contributed by atoms with Gasteiger partial charge in [-0.15, -0.1) is 0 Å². The highest BCUT2D eigenvalue weighted by Crippen LogP contribution is 2.34. The van der Waals surface area contributed by atoms with Gasteiger partial charge in [0, 0.05) is 48.7 Å². The van der Waals surface area contributed by atoms with Gasteiger partial charge in [0.2, 0.25) is 11.8 Å². The zero-order valence-corrected chi connectivity index (χ0v) is 27.0. The molecule has 2 fully saturated rings. The number of rotatable bonds is 12. The largest absolute Gasteiger partial charge is 0.491 e. The van der Waals surface area contributed by atoms with Crippen LogP contribution in [-0.2, 0) is 26.1 Å². The van der Waals surface area contributed by atoms with E-state index >= 15 is 0 Å². The molecule has 250 valence electrons. The number of imide groups is 2. The van der Waals surface area contributed by atoms with Gasteiger partial charge in [-0.3, -0.25) is 34.4 Å². The number of ether oxygens (including phenoxy) is 3. The van der Waals surface area contributed by atoms with Crippen molar-refractivity contribution >= 4 is 45.4 Å². The van der Waals surface area contributed by atoms with Gasteiger partial charge >= 0.3 is 0 Å². The maximum Gasteiger partial charge on any atom is 0.262 e. The average Bonchev–Trinajstić information content (AvgIpc) is 3.52. The second-order valence-corrected chi connectivity index (χ2v) is 12.6. The van der Waals surface area contributed by atoms with Crippen molar-refractivity contribution in [1.82, 2.24) is 24.7 Å². The van der Waals surface area contributed by atoms with Crippen LogP contribution in [0, 0.1) is 0 Å². The van der Waals surface area contributed by atoms with Crippen molar-refractivity contribution in [3.63, 3.8) is 0 Å². The maximum absolute atomic E-state index is 13.0. The summed E-state index contributed by atoms with van der Waals surface area (Å²) in [5.74, 6) is -1.17. The Hall–Kier alpha value is -4.65. The summed E-state index contributed by atoms with van der Waals surface area (Å²) in [6.07, 6.45) is 6.25. The number of amides is 4. The number of aromatic nitrogens is 2. The van der Waals surface area contributed by atoms with Crippen LogP contribution in [0.5, 0.6) is 5.75 Å². The summed E-state index contributed by atoms with van der Waals surface area (Å²) >= 11 is 0. The second kappa shape index (κ2) is 13.8. The van der Waals surface area contributed by atoms with Crippen molar-refractivity contribution in [2.75, 3.05) is 52.7 Å². The first-order chi connectivity index (χ1) is 23.4. The minimum atomic E-state index is -0.997. The number of pyridine rings is 1. The van der Waals surface area contributed by atoms with Crippen LogP contribution in [0.2, 0.25) is 0 Å². The van der Waals surface area contributed by atoms with Crippen LogP contribution in [0.25, 0.3) is 21.8 Å². The number of nitrogens with zero attached hydrogens (tertiary/aromatic N) is 4. The number of hydrogen-bond donors (Lipinski definition) is 1. The predicted octanol–water partition coefficient (Wildman–Crippen LogP) is 3.42. The number of aryl methyl sites for hydroxylation is 1. The van der Waals surface area contributed by atoms with Gasteiger partial charge in [0.25, 0.3) is 11.8 Å². The minimum absolute atomic E-state index is 0.0757. The van der Waals surface area contributed by atoms with Crippen LogP contribution in [0.15, 0.2) is 54.9 Å². The summed E-state index contributed by atoms with van der Waals surface area (Å²) in [6.45, 7) is 5.18. The summed E-state index contributed by atoms with van der Waals surface area (Å²) in [6, 6.07) is 12.6. The number of fused-ring (bicyclic) bond motifs is 4. The van der Waals surface area contributed by atoms with E-state index in [-0.39, 0.29) is 30.6 Å². The highest BCUT2D eigenvalue weighted by Gasteiger charge is 2.44. The molecule has 1 N–H and O–H groups in total. The van der Waals surface area contributed by atoms with Gasteiger partial charge in [-0.1, -0.05) is 12.1 Å². The number of carbonyl (C=O) groups excluding carboxylic acids is 4. The van der Waals surface area contributed by atoms with E-state index in [1.165, 1.54) is 39.5 Å². The lowest BCUT2D eigenvalue weighted by Crippen LogP contribution is -2.54. The SMILES string of the molecule is Cn1c2ccncc2c2ccc(C3CCN(CCOCCOCCOc4ccc5c(c4)C(=O)N(C4CCC(=O)NC4=O)C5=O)CC3)cc21. The zero-order valence-electron chi connectivity index (χ0n) is 27.0. The molecule has 4 aromatic rings. The maximum atomic E-state index is 13.0. The Morgan fingerprint density at radius 3 is 2.40 bits per heavy atom. The topological polar surface area (TPSA) is 132 Å². The van der Waals surface area contributed by atoms with Crippen LogP contribution < -0.4 is 10.1 Å². The molecule has 7 rings (SSSR count). The Bertz CT molecular complexity index is 1880. The van der Waals surface area contributed by atoms with E-state index in [1.807, 2.05) is 12.4 Å². The molecule has 4 amide bonds. The monoisotopic (exact) mass is 653 g/mol. The molecule has 1 atom stereocenters. The lowest BCUT2D eigenvalue weighted by Gasteiger charge is -2.32. The average molecular weight is 654 g/mol. The van der Waals surface area contributed by atoms with E-state index < -0.39 is 29.7 Å². The van der Waals surface area contributed by atoms with Gasteiger partial charge in [0.05, 0.1) is 43.1 Å². The number of benzene rings is 2. The lowest BCUT2D eigenvalue weighted by molar-refractivity contribution is -0.136. The molecule has 12 nitrogen and oxygen atoms in total. The van der Waals surface area contributed by atoms with E-state index in [9.17, 15) is 19.2 Å². The molecule has 0 saturated carbocycles. The Kier molecular flexibility index (Phi) is 9.20. The van der Waals surface area contributed by atoms with E-state index in [0.717, 1.165) is 37.4 Å². The third kappa shape index (κ3) is 6.30. The fraction of sp³-hybridized carbons (Fsp3) is 0.417. The molecule has 0 spiro atoms. The van der Waals surface area contributed by atoms with E-state index in [0.29, 0.717) is 38.1 Å². The smallest absolute Gasteiger partial charge is 0.262 e. The Morgan fingerprint density at radius 1 is 0.812 bits per heavy atom. The molecule has 3 aliphatic heterocycles. The number of likely N-dealkylation sites (tertiary alicyclic amines) is 1. The molecule has 3 aliphatic rings. The third-order valence-corrected chi connectivity index (χ3v) is 9.72. The quantitative estimate of drug-likeness (QED) is 0.181. The summed E-state index contributed by atoms with van der Waals surface area (Å²) < 4.78 is 19.5. The van der Waals surface area contributed by atoms with Gasteiger partial charge < -0.3 is 23.7 Å². The third-order valence-electron chi connectivity index (χ3n) is 9.72. The molecular formula is C36H39N5O7. The van der Waals surface area contributed by atoms with E-state index in [2.05, 4.69) is 51.1 Å². The van der Waals surface area contributed by atoms with Crippen LogP contribution in [0.4, 0.5) is 0 Å². The van der Waals surface area contributed by atoms with Gasteiger partial charge in [-0.25, -0.2) is 0 Å². The van der Waals surface area contributed by atoms with Crippen molar-refractivity contribution in [3.8, 4) is 5.75 Å². The minimum Gasteiger partial charge on any atom is -0.491 e. The fourth-order valence-electron chi connectivity index (χ4n) is 7.09. The van der Waals surface area contributed by atoms with Crippen LogP contribution in [-0.4, -0.2) is 102 Å². The summed E-state index contributed by atoms with van der Waals surface area (Å²) in [7, 11) is 2.13. The Balaban J connectivity index is 0.777. The van der Waals surface area contributed by atoms with Gasteiger partial charge in [0.1, 0.15) is 18.4 Å². The molecule has 0 radical (unpaired) electrons. The van der Waals surface area contributed by atoms with Crippen molar-refractivity contribution < 1.29 is 33.4 Å². The summed E-state index contributed by atoms with van der Waals surface area (Å²) in [5.41, 5.74) is 4.28. The Morgan fingerprint density at radius 2 is 1.58 bits per heavy atom. The number of nitrogens with one attached hydrogen (secondary N) is 1. The molecular weight excluding hydrogens is 614 g/mol. The second-order valence-electron chi connectivity index (χ2n) is 12.6.